The number of aliphatic hydroxyl groups is 3. The molecule has 1 aliphatic heterocycles. The van der Waals surface area contributed by atoms with Gasteiger partial charge in [0, 0.05) is 6.42 Å². The average Bonchev–Trinajstić information content (AvgIpc) is 2.22. The lowest BCUT2D eigenvalue weighted by atomic mass is 9.97. The molecule has 0 saturated carbocycles. The molecule has 0 bridgehead atoms. The Balaban J connectivity index is 2.60. The largest absolute Gasteiger partial charge is 0.388 e. The van der Waals surface area contributed by atoms with E-state index in [9.17, 15) is 20.1 Å². The predicted octanol–water partition coefficient (Wildman–Crippen LogP) is -1.75. The molecule has 7 heteroatoms. The van der Waals surface area contributed by atoms with E-state index in [4.69, 9.17) is 4.74 Å². The van der Waals surface area contributed by atoms with Crippen LogP contribution in [0.5, 0.6) is 0 Å². The maximum atomic E-state index is 11.3. The third-order valence-corrected chi connectivity index (χ3v) is 2.75. The maximum absolute atomic E-state index is 11.3. The second-order valence-corrected chi connectivity index (χ2v) is 4.23. The van der Waals surface area contributed by atoms with Crippen molar-refractivity contribution in [2.24, 2.45) is 0 Å². The second-order valence-electron chi connectivity index (χ2n) is 3.78. The van der Waals surface area contributed by atoms with Crippen LogP contribution in [0, 0.1) is 0 Å². The van der Waals surface area contributed by atoms with Gasteiger partial charge in [0.05, 0.1) is 6.10 Å². The molecule has 1 heterocycles. The third-order valence-electron chi connectivity index (χ3n) is 2.53. The number of aliphatic hydroxyl groups excluding tert-OH is 3. The van der Waals surface area contributed by atoms with E-state index in [1.807, 2.05) is 0 Å². The first-order valence-electron chi connectivity index (χ1n) is 5.07. The molecular weight excluding hydrogens is 234 g/mol. The number of carbonyl (C=O) groups excluding carboxylic acids is 1. The zero-order valence-corrected chi connectivity index (χ0v) is 9.80. The number of hydrogen-bond donors (Lipinski definition) is 5. The van der Waals surface area contributed by atoms with Crippen molar-refractivity contribution in [2.45, 2.75) is 44.0 Å². The van der Waals surface area contributed by atoms with Crippen molar-refractivity contribution in [2.75, 3.05) is 5.75 Å². The Hall–Kier alpha value is -0.340. The van der Waals surface area contributed by atoms with E-state index in [1.54, 1.807) is 0 Å². The fourth-order valence-electron chi connectivity index (χ4n) is 1.56. The van der Waals surface area contributed by atoms with Gasteiger partial charge >= 0.3 is 0 Å². The van der Waals surface area contributed by atoms with Crippen molar-refractivity contribution < 1.29 is 24.9 Å². The van der Waals surface area contributed by atoms with Gasteiger partial charge < -0.3 is 25.4 Å². The SMILES string of the molecule is CC1OC(O)C(NC(=O)CCS)C(O)C1O. The van der Waals surface area contributed by atoms with Crippen molar-refractivity contribution >= 4 is 18.5 Å². The van der Waals surface area contributed by atoms with Crippen molar-refractivity contribution in [1.82, 2.24) is 5.32 Å². The Morgan fingerprint density at radius 3 is 2.56 bits per heavy atom. The minimum absolute atomic E-state index is 0.171. The fraction of sp³-hybridized carbons (Fsp3) is 0.889. The van der Waals surface area contributed by atoms with Gasteiger partial charge in [-0.3, -0.25) is 4.79 Å². The summed E-state index contributed by atoms with van der Waals surface area (Å²) in [6.07, 6.45) is -4.21. The van der Waals surface area contributed by atoms with E-state index in [-0.39, 0.29) is 12.3 Å². The van der Waals surface area contributed by atoms with E-state index in [0.717, 1.165) is 0 Å². The molecule has 0 aromatic rings. The standard InChI is InChI=1S/C9H17NO5S/c1-4-7(12)8(13)6(9(14)15-4)10-5(11)2-3-16/h4,6-9,12-14,16H,2-3H2,1H3,(H,10,11). The lowest BCUT2D eigenvalue weighted by Crippen LogP contribution is -2.62. The van der Waals surface area contributed by atoms with Gasteiger partial charge in [0.1, 0.15) is 18.2 Å². The number of hydrogen-bond acceptors (Lipinski definition) is 6. The van der Waals surface area contributed by atoms with Gasteiger partial charge in [-0.25, -0.2) is 0 Å². The zero-order chi connectivity index (χ0) is 12.3. The summed E-state index contributed by atoms with van der Waals surface area (Å²) in [7, 11) is 0. The molecule has 1 rings (SSSR count). The van der Waals surface area contributed by atoms with Gasteiger partial charge in [0.2, 0.25) is 5.91 Å². The molecule has 16 heavy (non-hydrogen) atoms. The third kappa shape index (κ3) is 3.08. The van der Waals surface area contributed by atoms with E-state index < -0.39 is 30.6 Å². The zero-order valence-electron chi connectivity index (χ0n) is 8.91. The minimum atomic E-state index is -1.32. The summed E-state index contributed by atoms with van der Waals surface area (Å²) < 4.78 is 4.97. The molecule has 1 fully saturated rings. The van der Waals surface area contributed by atoms with Gasteiger partial charge in [-0.1, -0.05) is 0 Å². The molecule has 0 aromatic carbocycles. The Morgan fingerprint density at radius 1 is 1.38 bits per heavy atom. The highest BCUT2D eigenvalue weighted by Crippen LogP contribution is 2.19. The number of thiol groups is 1. The van der Waals surface area contributed by atoms with E-state index in [0.29, 0.717) is 5.75 Å². The quantitative estimate of drug-likeness (QED) is 0.383. The molecule has 4 N–H and O–H groups in total. The Labute approximate surface area is 99.0 Å². The Bertz CT molecular complexity index is 252. The van der Waals surface area contributed by atoms with Crippen LogP contribution in [0.3, 0.4) is 0 Å². The van der Waals surface area contributed by atoms with Gasteiger partial charge in [-0.05, 0) is 12.7 Å². The Kier molecular flexibility index (Phi) is 5.00. The van der Waals surface area contributed by atoms with Crippen molar-refractivity contribution in [1.29, 1.82) is 0 Å². The summed E-state index contributed by atoms with van der Waals surface area (Å²) in [5.74, 6) is 0.00772. The molecule has 1 amide bonds. The number of nitrogens with one attached hydrogen (secondary N) is 1. The summed E-state index contributed by atoms with van der Waals surface area (Å²) in [4.78, 5) is 11.3. The number of carbonyl (C=O) groups is 1. The molecular formula is C9H17NO5S. The van der Waals surface area contributed by atoms with Crippen molar-refractivity contribution in [3.63, 3.8) is 0 Å². The highest BCUT2D eigenvalue weighted by atomic mass is 32.1. The first-order valence-corrected chi connectivity index (χ1v) is 5.70. The lowest BCUT2D eigenvalue weighted by Gasteiger charge is -2.39. The molecule has 1 aliphatic rings. The summed E-state index contributed by atoms with van der Waals surface area (Å²) in [6, 6.07) is -1.02. The topological polar surface area (TPSA) is 99.0 Å². The monoisotopic (exact) mass is 251 g/mol. The molecule has 5 atom stereocenters. The molecule has 0 spiro atoms. The van der Waals surface area contributed by atoms with E-state index in [2.05, 4.69) is 17.9 Å². The first kappa shape index (κ1) is 13.7. The smallest absolute Gasteiger partial charge is 0.221 e. The van der Waals surface area contributed by atoms with Crippen molar-refractivity contribution in [3.8, 4) is 0 Å². The summed E-state index contributed by atoms with van der Waals surface area (Å²) in [6.45, 7) is 1.53. The average molecular weight is 251 g/mol. The highest BCUT2D eigenvalue weighted by molar-refractivity contribution is 7.80. The minimum Gasteiger partial charge on any atom is -0.388 e. The summed E-state index contributed by atoms with van der Waals surface area (Å²) in [5, 5.41) is 31.1. The second kappa shape index (κ2) is 5.83. The van der Waals surface area contributed by atoms with Crippen LogP contribution in [0.2, 0.25) is 0 Å². The van der Waals surface area contributed by atoms with Crippen LogP contribution in [0.1, 0.15) is 13.3 Å². The summed E-state index contributed by atoms with van der Waals surface area (Å²) in [5.41, 5.74) is 0. The number of ether oxygens (including phenoxy) is 1. The van der Waals surface area contributed by atoms with Crippen LogP contribution >= 0.6 is 12.6 Å². The van der Waals surface area contributed by atoms with Crippen LogP contribution in [-0.4, -0.2) is 57.6 Å². The highest BCUT2D eigenvalue weighted by Gasteiger charge is 2.42. The van der Waals surface area contributed by atoms with Crippen LogP contribution in [0.4, 0.5) is 0 Å². The molecule has 6 nitrogen and oxygen atoms in total. The first-order chi connectivity index (χ1) is 7.47. The normalized spacial score (nSPS) is 39.4. The molecule has 1 saturated heterocycles. The molecule has 5 unspecified atom stereocenters. The number of rotatable bonds is 3. The van der Waals surface area contributed by atoms with Gasteiger partial charge in [0.15, 0.2) is 6.29 Å². The van der Waals surface area contributed by atoms with Gasteiger partial charge in [0.25, 0.3) is 0 Å². The molecule has 0 aromatic heterocycles. The summed E-state index contributed by atoms with van der Waals surface area (Å²) >= 11 is 3.89. The molecule has 0 aliphatic carbocycles. The van der Waals surface area contributed by atoms with Crippen LogP contribution in [0.15, 0.2) is 0 Å². The van der Waals surface area contributed by atoms with Crippen LogP contribution in [0.25, 0.3) is 0 Å². The lowest BCUT2D eigenvalue weighted by molar-refractivity contribution is -0.242. The van der Waals surface area contributed by atoms with Gasteiger partial charge in [-0.15, -0.1) is 0 Å². The molecule has 94 valence electrons. The predicted molar refractivity (Wildman–Crippen MR) is 59.0 cm³/mol. The van der Waals surface area contributed by atoms with Crippen LogP contribution in [-0.2, 0) is 9.53 Å². The van der Waals surface area contributed by atoms with E-state index >= 15 is 0 Å². The van der Waals surface area contributed by atoms with E-state index in [1.165, 1.54) is 6.92 Å². The maximum Gasteiger partial charge on any atom is 0.221 e. The van der Waals surface area contributed by atoms with Crippen LogP contribution < -0.4 is 5.32 Å². The van der Waals surface area contributed by atoms with Gasteiger partial charge in [-0.2, -0.15) is 12.6 Å². The molecule has 0 radical (unpaired) electrons. The Morgan fingerprint density at radius 2 is 2.00 bits per heavy atom. The number of amides is 1. The van der Waals surface area contributed by atoms with Crippen molar-refractivity contribution in [3.05, 3.63) is 0 Å². The fourth-order valence-corrected chi connectivity index (χ4v) is 1.76.